The molecule has 0 aliphatic rings. The van der Waals surface area contributed by atoms with Crippen LogP contribution >= 0.6 is 0 Å². The van der Waals surface area contributed by atoms with Gasteiger partial charge in [-0.1, -0.05) is 18.2 Å². The van der Waals surface area contributed by atoms with E-state index in [1.165, 1.54) is 0 Å². The van der Waals surface area contributed by atoms with Crippen LogP contribution in [0.4, 0.5) is 0 Å². The van der Waals surface area contributed by atoms with Crippen molar-refractivity contribution in [2.45, 2.75) is 20.5 Å². The predicted octanol–water partition coefficient (Wildman–Crippen LogP) is 2.99. The SMILES string of the molecule is Cc1cc2c(cc(C)n2Oc2ccccc2)c(CO)n1. The van der Waals surface area contributed by atoms with Gasteiger partial charge < -0.3 is 9.94 Å². The van der Waals surface area contributed by atoms with E-state index in [1.807, 2.05) is 56.3 Å². The van der Waals surface area contributed by atoms with Gasteiger partial charge in [-0.2, -0.15) is 4.73 Å². The number of aryl methyl sites for hydroxylation is 2. The largest absolute Gasteiger partial charge is 0.390 e. The number of aromatic nitrogens is 2. The molecule has 0 spiro atoms. The summed E-state index contributed by atoms with van der Waals surface area (Å²) in [4.78, 5) is 10.3. The van der Waals surface area contributed by atoms with Crippen molar-refractivity contribution < 1.29 is 9.94 Å². The maximum absolute atomic E-state index is 9.44. The van der Waals surface area contributed by atoms with Crippen molar-refractivity contribution in [1.82, 2.24) is 9.71 Å². The van der Waals surface area contributed by atoms with E-state index in [1.54, 1.807) is 4.73 Å². The summed E-state index contributed by atoms with van der Waals surface area (Å²) < 4.78 is 1.78. The molecule has 0 aliphatic carbocycles. The van der Waals surface area contributed by atoms with Crippen molar-refractivity contribution in [3.8, 4) is 5.75 Å². The Kier molecular flexibility index (Phi) is 3.16. The van der Waals surface area contributed by atoms with E-state index < -0.39 is 0 Å². The summed E-state index contributed by atoms with van der Waals surface area (Å²) in [7, 11) is 0. The highest BCUT2D eigenvalue weighted by Gasteiger charge is 2.12. The number of hydrogen-bond acceptors (Lipinski definition) is 3. The van der Waals surface area contributed by atoms with Crippen molar-refractivity contribution in [1.29, 1.82) is 0 Å². The number of fused-ring (bicyclic) bond motifs is 1. The third-order valence-electron chi connectivity index (χ3n) is 3.23. The molecule has 2 heterocycles. The first-order valence-electron chi connectivity index (χ1n) is 6.52. The molecule has 3 rings (SSSR count). The van der Waals surface area contributed by atoms with Gasteiger partial charge in [0.1, 0.15) is 0 Å². The summed E-state index contributed by atoms with van der Waals surface area (Å²) in [5.74, 6) is 0.771. The van der Waals surface area contributed by atoms with Gasteiger partial charge in [0.2, 0.25) is 0 Å². The molecule has 0 unspecified atom stereocenters. The van der Waals surface area contributed by atoms with E-state index in [9.17, 15) is 5.11 Å². The topological polar surface area (TPSA) is 47.3 Å². The van der Waals surface area contributed by atoms with Crippen molar-refractivity contribution in [2.75, 3.05) is 0 Å². The van der Waals surface area contributed by atoms with Crippen LogP contribution in [0.5, 0.6) is 5.75 Å². The Morgan fingerprint density at radius 3 is 2.60 bits per heavy atom. The quantitative estimate of drug-likeness (QED) is 0.794. The number of pyridine rings is 1. The monoisotopic (exact) mass is 268 g/mol. The Labute approximate surface area is 117 Å². The Balaban J connectivity index is 2.15. The van der Waals surface area contributed by atoms with Gasteiger partial charge in [0.15, 0.2) is 5.75 Å². The van der Waals surface area contributed by atoms with Gasteiger partial charge in [0.05, 0.1) is 23.5 Å². The molecule has 0 aliphatic heterocycles. The molecule has 1 aromatic carbocycles. The Morgan fingerprint density at radius 1 is 1.15 bits per heavy atom. The third kappa shape index (κ3) is 2.14. The second-order valence-electron chi connectivity index (χ2n) is 4.79. The van der Waals surface area contributed by atoms with Crippen molar-refractivity contribution >= 4 is 10.9 Å². The average molecular weight is 268 g/mol. The minimum absolute atomic E-state index is 0.0764. The first-order chi connectivity index (χ1) is 9.69. The molecule has 4 nitrogen and oxygen atoms in total. The molecule has 2 aromatic heterocycles. The van der Waals surface area contributed by atoms with Gasteiger partial charge >= 0.3 is 0 Å². The maximum Gasteiger partial charge on any atom is 0.155 e. The molecule has 0 atom stereocenters. The lowest BCUT2D eigenvalue weighted by Gasteiger charge is -2.10. The van der Waals surface area contributed by atoms with Crippen LogP contribution < -0.4 is 4.84 Å². The number of benzene rings is 1. The van der Waals surface area contributed by atoms with Gasteiger partial charge in [-0.3, -0.25) is 4.98 Å². The molecule has 0 saturated heterocycles. The molecule has 20 heavy (non-hydrogen) atoms. The zero-order valence-electron chi connectivity index (χ0n) is 11.5. The molecule has 102 valence electrons. The van der Waals surface area contributed by atoms with Gasteiger partial charge in [-0.25, -0.2) is 0 Å². The predicted molar refractivity (Wildman–Crippen MR) is 77.6 cm³/mol. The molecule has 3 aromatic rings. The lowest BCUT2D eigenvalue weighted by molar-refractivity contribution is 0.222. The number of rotatable bonds is 3. The highest BCUT2D eigenvalue weighted by Crippen LogP contribution is 2.24. The molecular formula is C16H16N2O2. The van der Waals surface area contributed by atoms with Crippen LogP contribution in [0.1, 0.15) is 17.1 Å². The molecule has 0 fully saturated rings. The van der Waals surface area contributed by atoms with Gasteiger partial charge in [-0.15, -0.1) is 0 Å². The summed E-state index contributed by atoms with van der Waals surface area (Å²) >= 11 is 0. The second-order valence-corrected chi connectivity index (χ2v) is 4.79. The van der Waals surface area contributed by atoms with Crippen molar-refractivity contribution in [3.05, 3.63) is 59.5 Å². The summed E-state index contributed by atoms with van der Waals surface area (Å²) in [6.07, 6.45) is 0. The third-order valence-corrected chi connectivity index (χ3v) is 3.23. The lowest BCUT2D eigenvalue weighted by Crippen LogP contribution is -2.07. The summed E-state index contributed by atoms with van der Waals surface area (Å²) in [5, 5.41) is 10.4. The van der Waals surface area contributed by atoms with E-state index in [-0.39, 0.29) is 6.61 Å². The standard InChI is InChI=1S/C16H16N2O2/c1-11-8-16-14(15(10-19)17-11)9-12(2)18(16)20-13-6-4-3-5-7-13/h3-9,19H,10H2,1-2H3. The average Bonchev–Trinajstić information content (AvgIpc) is 2.76. The smallest absolute Gasteiger partial charge is 0.155 e. The van der Waals surface area contributed by atoms with E-state index in [0.717, 1.165) is 28.0 Å². The van der Waals surface area contributed by atoms with E-state index in [4.69, 9.17) is 4.84 Å². The maximum atomic E-state index is 9.44. The summed E-state index contributed by atoms with van der Waals surface area (Å²) in [6.45, 7) is 3.81. The van der Waals surface area contributed by atoms with Crippen molar-refractivity contribution in [3.63, 3.8) is 0 Å². The van der Waals surface area contributed by atoms with Crippen molar-refractivity contribution in [2.24, 2.45) is 0 Å². The van der Waals surface area contributed by atoms with Crippen LogP contribution in [0.3, 0.4) is 0 Å². The van der Waals surface area contributed by atoms with Gasteiger partial charge in [-0.05, 0) is 38.1 Å². The fourth-order valence-electron chi connectivity index (χ4n) is 2.34. The second kappa shape index (κ2) is 4.98. The zero-order valence-corrected chi connectivity index (χ0v) is 11.5. The molecule has 0 radical (unpaired) electrons. The molecule has 0 amide bonds. The fraction of sp³-hybridized carbons (Fsp3) is 0.188. The number of para-hydroxylation sites is 1. The van der Waals surface area contributed by atoms with Crippen LogP contribution in [0.25, 0.3) is 10.9 Å². The van der Waals surface area contributed by atoms with Crippen LogP contribution in [0.2, 0.25) is 0 Å². The highest BCUT2D eigenvalue weighted by atomic mass is 16.7. The van der Waals surface area contributed by atoms with Crippen LogP contribution in [0.15, 0.2) is 42.5 Å². The summed E-state index contributed by atoms with van der Waals surface area (Å²) in [5.41, 5.74) is 3.42. The Bertz CT molecular complexity index is 748. The molecule has 1 N–H and O–H groups in total. The van der Waals surface area contributed by atoms with Crippen LogP contribution in [-0.4, -0.2) is 14.8 Å². The number of hydrogen-bond donors (Lipinski definition) is 1. The number of aliphatic hydroxyl groups excluding tert-OH is 1. The van der Waals surface area contributed by atoms with E-state index in [2.05, 4.69) is 4.98 Å². The number of nitrogens with zero attached hydrogens (tertiary/aromatic N) is 2. The minimum atomic E-state index is -0.0764. The molecular weight excluding hydrogens is 252 g/mol. The first-order valence-corrected chi connectivity index (χ1v) is 6.52. The fourth-order valence-corrected chi connectivity index (χ4v) is 2.34. The molecule has 0 saturated carbocycles. The van der Waals surface area contributed by atoms with Crippen LogP contribution in [0, 0.1) is 13.8 Å². The minimum Gasteiger partial charge on any atom is -0.390 e. The van der Waals surface area contributed by atoms with Crippen LogP contribution in [-0.2, 0) is 6.61 Å². The Morgan fingerprint density at radius 2 is 1.90 bits per heavy atom. The zero-order chi connectivity index (χ0) is 14.1. The Hall–Kier alpha value is -2.33. The van der Waals surface area contributed by atoms with E-state index in [0.29, 0.717) is 5.69 Å². The van der Waals surface area contributed by atoms with E-state index >= 15 is 0 Å². The molecule has 4 heteroatoms. The number of aliphatic hydroxyl groups is 1. The van der Waals surface area contributed by atoms with Gasteiger partial charge in [0, 0.05) is 11.1 Å². The normalized spacial score (nSPS) is 10.9. The highest BCUT2D eigenvalue weighted by molar-refractivity contribution is 5.83. The molecule has 0 bridgehead atoms. The summed E-state index contributed by atoms with van der Waals surface area (Å²) in [6, 6.07) is 13.6. The first kappa shape index (κ1) is 12.7. The lowest BCUT2D eigenvalue weighted by atomic mass is 10.2. The van der Waals surface area contributed by atoms with Gasteiger partial charge in [0.25, 0.3) is 0 Å².